The molecular formula is C14H15ClFNO2. The molecule has 0 saturated heterocycles. The normalized spacial score (nSPS) is 18.9. The quantitative estimate of drug-likeness (QED) is 0.923. The summed E-state index contributed by atoms with van der Waals surface area (Å²) in [6.07, 6.45) is 1.86. The van der Waals surface area contributed by atoms with Gasteiger partial charge in [0.05, 0.1) is 10.6 Å². The molecule has 0 spiro atoms. The largest absolute Gasteiger partial charge is 0.467 e. The zero-order valence-corrected chi connectivity index (χ0v) is 11.3. The average molecular weight is 284 g/mol. The van der Waals surface area contributed by atoms with Gasteiger partial charge >= 0.3 is 0 Å². The molecule has 2 N–H and O–H groups in total. The van der Waals surface area contributed by atoms with Crippen molar-refractivity contribution in [3.05, 3.63) is 40.5 Å². The van der Waals surface area contributed by atoms with Crippen molar-refractivity contribution >= 4 is 23.0 Å². The van der Waals surface area contributed by atoms with Crippen molar-refractivity contribution in [1.29, 1.82) is 0 Å². The van der Waals surface area contributed by atoms with Crippen LogP contribution in [0.25, 0.3) is 5.57 Å². The third kappa shape index (κ3) is 2.59. The minimum absolute atomic E-state index is 0.0265. The lowest BCUT2D eigenvalue weighted by Crippen LogP contribution is -2.18. The number of hydrogen-bond acceptors (Lipinski definition) is 3. The van der Waals surface area contributed by atoms with Gasteiger partial charge in [0.1, 0.15) is 5.82 Å². The Bertz CT molecular complexity index is 542. The van der Waals surface area contributed by atoms with E-state index >= 15 is 0 Å². The van der Waals surface area contributed by atoms with Crippen molar-refractivity contribution in [3.63, 3.8) is 0 Å². The Hall–Kier alpha value is -1.55. The Balaban J connectivity index is 2.32. The first-order valence-electron chi connectivity index (χ1n) is 6.21. The molecule has 3 nitrogen and oxygen atoms in total. The first-order valence-corrected chi connectivity index (χ1v) is 6.59. The van der Waals surface area contributed by atoms with Crippen LogP contribution in [0.5, 0.6) is 0 Å². The van der Waals surface area contributed by atoms with Gasteiger partial charge < -0.3 is 10.5 Å². The molecule has 1 heterocycles. The van der Waals surface area contributed by atoms with Crippen LogP contribution in [0.15, 0.2) is 24.1 Å². The van der Waals surface area contributed by atoms with Crippen molar-refractivity contribution in [2.75, 3.05) is 0 Å². The molecule has 2 rings (SSSR count). The van der Waals surface area contributed by atoms with Gasteiger partial charge in [0, 0.05) is 5.56 Å². The molecule has 1 aliphatic rings. The molecule has 0 fully saturated rings. The van der Waals surface area contributed by atoms with Crippen LogP contribution in [0.1, 0.15) is 31.7 Å². The summed E-state index contributed by atoms with van der Waals surface area (Å²) in [7, 11) is 0. The number of ether oxygens (including phenoxy) is 1. The number of halogens is 2. The lowest BCUT2D eigenvalue weighted by molar-refractivity contribution is -0.120. The van der Waals surface area contributed by atoms with Gasteiger partial charge in [-0.15, -0.1) is 0 Å². The van der Waals surface area contributed by atoms with Crippen LogP contribution in [0.2, 0.25) is 5.02 Å². The van der Waals surface area contributed by atoms with E-state index in [1.165, 1.54) is 12.1 Å². The number of hydrogen-bond donors (Lipinski definition) is 1. The van der Waals surface area contributed by atoms with Gasteiger partial charge in [0.15, 0.2) is 12.0 Å². The van der Waals surface area contributed by atoms with E-state index in [2.05, 4.69) is 0 Å². The highest BCUT2D eigenvalue weighted by Crippen LogP contribution is 2.34. The zero-order chi connectivity index (χ0) is 14.0. The minimum atomic E-state index is -0.579. The highest BCUT2D eigenvalue weighted by molar-refractivity contribution is 6.36. The lowest BCUT2D eigenvalue weighted by Gasteiger charge is -2.08. The molecule has 0 amide bonds. The van der Waals surface area contributed by atoms with Crippen LogP contribution in [-0.4, -0.2) is 11.9 Å². The molecule has 19 heavy (non-hydrogen) atoms. The second kappa shape index (κ2) is 5.61. The molecule has 0 aromatic heterocycles. The topological polar surface area (TPSA) is 52.3 Å². The summed E-state index contributed by atoms with van der Waals surface area (Å²) in [6, 6.07) is 4.29. The second-order valence-corrected chi connectivity index (χ2v) is 4.83. The van der Waals surface area contributed by atoms with Gasteiger partial charge in [-0.25, -0.2) is 4.39 Å². The SMILES string of the molecule is CCCCC1OC(N)=C(c2cccc(F)c2Cl)C1=O. The minimum Gasteiger partial charge on any atom is -0.467 e. The number of benzene rings is 1. The highest BCUT2D eigenvalue weighted by atomic mass is 35.5. The summed E-state index contributed by atoms with van der Waals surface area (Å²) in [5.74, 6) is -0.777. The molecule has 1 aromatic carbocycles. The van der Waals surface area contributed by atoms with Crippen LogP contribution in [-0.2, 0) is 9.53 Å². The van der Waals surface area contributed by atoms with E-state index in [1.807, 2.05) is 6.92 Å². The highest BCUT2D eigenvalue weighted by Gasteiger charge is 2.35. The fourth-order valence-electron chi connectivity index (χ4n) is 2.09. The van der Waals surface area contributed by atoms with Gasteiger partial charge in [-0.05, 0) is 18.9 Å². The standard InChI is InChI=1S/C14H15ClFNO2/c1-2-3-7-10-13(18)11(14(17)19-10)8-5-4-6-9(16)12(8)15/h4-6,10H,2-3,7,17H2,1H3. The maximum absolute atomic E-state index is 13.4. The number of rotatable bonds is 4. The number of ketones is 1. The Labute approximate surface area is 116 Å². The summed E-state index contributed by atoms with van der Waals surface area (Å²) >= 11 is 5.88. The number of carbonyl (C=O) groups is 1. The number of nitrogens with two attached hydrogens (primary N) is 1. The molecule has 0 radical (unpaired) electrons. The first kappa shape index (κ1) is 13.9. The molecule has 102 valence electrons. The van der Waals surface area contributed by atoms with Crippen molar-refractivity contribution < 1.29 is 13.9 Å². The summed E-state index contributed by atoms with van der Waals surface area (Å²) in [5, 5.41) is -0.103. The van der Waals surface area contributed by atoms with Crippen molar-refractivity contribution in [3.8, 4) is 0 Å². The van der Waals surface area contributed by atoms with Gasteiger partial charge in [0.25, 0.3) is 0 Å². The Kier molecular flexibility index (Phi) is 4.10. The number of unbranched alkanes of at least 4 members (excludes halogenated alkanes) is 1. The molecule has 0 bridgehead atoms. The third-order valence-corrected chi connectivity index (χ3v) is 3.48. The Morgan fingerprint density at radius 2 is 2.21 bits per heavy atom. The lowest BCUT2D eigenvalue weighted by atomic mass is 9.98. The Morgan fingerprint density at radius 1 is 1.47 bits per heavy atom. The fourth-order valence-corrected chi connectivity index (χ4v) is 2.31. The fraction of sp³-hybridized carbons (Fsp3) is 0.357. The van der Waals surface area contributed by atoms with Gasteiger partial charge in [-0.1, -0.05) is 37.1 Å². The number of Topliss-reactive ketones (excluding diaryl/α,β-unsaturated/α-hetero) is 1. The van der Waals surface area contributed by atoms with Crippen molar-refractivity contribution in [2.24, 2.45) is 5.73 Å². The summed E-state index contributed by atoms with van der Waals surface area (Å²) in [6.45, 7) is 2.03. The second-order valence-electron chi connectivity index (χ2n) is 4.45. The molecule has 0 aliphatic carbocycles. The van der Waals surface area contributed by atoms with E-state index in [0.717, 1.165) is 12.8 Å². The average Bonchev–Trinajstić information content (AvgIpc) is 2.66. The summed E-state index contributed by atoms with van der Waals surface area (Å²) in [5.41, 5.74) is 6.22. The van der Waals surface area contributed by atoms with Gasteiger partial charge in [0.2, 0.25) is 5.78 Å². The monoisotopic (exact) mass is 283 g/mol. The molecular weight excluding hydrogens is 269 g/mol. The van der Waals surface area contributed by atoms with Gasteiger partial charge in [-0.2, -0.15) is 0 Å². The summed E-state index contributed by atoms with van der Waals surface area (Å²) < 4.78 is 18.8. The Morgan fingerprint density at radius 3 is 2.89 bits per heavy atom. The first-order chi connectivity index (χ1) is 9.06. The van der Waals surface area contributed by atoms with Crippen LogP contribution < -0.4 is 5.73 Å². The van der Waals surface area contributed by atoms with Crippen molar-refractivity contribution in [2.45, 2.75) is 32.3 Å². The predicted octanol–water partition coefficient (Wildman–Crippen LogP) is 3.26. The maximum Gasteiger partial charge on any atom is 0.209 e. The van der Waals surface area contributed by atoms with E-state index in [9.17, 15) is 9.18 Å². The molecule has 0 saturated carbocycles. The van der Waals surface area contributed by atoms with E-state index in [-0.39, 0.29) is 22.3 Å². The van der Waals surface area contributed by atoms with E-state index in [4.69, 9.17) is 22.1 Å². The van der Waals surface area contributed by atoms with Crippen LogP contribution >= 0.6 is 11.6 Å². The van der Waals surface area contributed by atoms with Crippen LogP contribution in [0.3, 0.4) is 0 Å². The summed E-state index contributed by atoms with van der Waals surface area (Å²) in [4.78, 5) is 12.2. The van der Waals surface area contributed by atoms with E-state index in [1.54, 1.807) is 6.07 Å². The smallest absolute Gasteiger partial charge is 0.209 e. The molecule has 1 aliphatic heterocycles. The van der Waals surface area contributed by atoms with E-state index < -0.39 is 11.9 Å². The molecule has 1 aromatic rings. The maximum atomic E-state index is 13.4. The van der Waals surface area contributed by atoms with Crippen LogP contribution in [0, 0.1) is 5.82 Å². The molecule has 1 unspecified atom stereocenters. The van der Waals surface area contributed by atoms with Crippen LogP contribution in [0.4, 0.5) is 4.39 Å². The zero-order valence-electron chi connectivity index (χ0n) is 10.6. The molecule has 5 heteroatoms. The third-order valence-electron chi connectivity index (χ3n) is 3.10. The predicted molar refractivity (Wildman–Crippen MR) is 71.9 cm³/mol. The van der Waals surface area contributed by atoms with Gasteiger partial charge in [-0.3, -0.25) is 4.79 Å². The van der Waals surface area contributed by atoms with E-state index in [0.29, 0.717) is 12.0 Å². The number of carbonyl (C=O) groups excluding carboxylic acids is 1. The van der Waals surface area contributed by atoms with Crippen molar-refractivity contribution in [1.82, 2.24) is 0 Å². The molecule has 1 atom stereocenters.